The van der Waals surface area contributed by atoms with E-state index >= 15 is 0 Å². The number of halogens is 2. The fourth-order valence-electron chi connectivity index (χ4n) is 4.07. The van der Waals surface area contributed by atoms with Gasteiger partial charge < -0.3 is 10.2 Å². The molecule has 0 saturated carbocycles. The number of nitrogens with one attached hydrogen (secondary N) is 1. The second-order valence-corrected chi connectivity index (χ2v) is 11.7. The molecule has 0 aliphatic heterocycles. The van der Waals surface area contributed by atoms with Gasteiger partial charge in [0.25, 0.3) is 10.0 Å². The van der Waals surface area contributed by atoms with Gasteiger partial charge in [-0.25, -0.2) is 8.42 Å². The molecule has 0 heterocycles. The predicted molar refractivity (Wildman–Crippen MR) is 152 cm³/mol. The topological polar surface area (TPSA) is 86.8 Å². The Morgan fingerprint density at radius 1 is 0.921 bits per heavy atom. The van der Waals surface area contributed by atoms with Gasteiger partial charge in [0.05, 0.1) is 10.6 Å². The molecule has 0 spiro atoms. The summed E-state index contributed by atoms with van der Waals surface area (Å²) < 4.78 is 28.9. The average Bonchev–Trinajstić information content (AvgIpc) is 2.89. The Hall–Kier alpha value is -3.07. The van der Waals surface area contributed by atoms with E-state index < -0.39 is 28.5 Å². The van der Waals surface area contributed by atoms with Crippen molar-refractivity contribution < 1.29 is 18.0 Å². The number of carbonyl (C=O) groups is 2. The molecule has 1 atom stereocenters. The Morgan fingerprint density at radius 3 is 2.11 bits per heavy atom. The number of carbonyl (C=O) groups excluding carboxylic acids is 2. The van der Waals surface area contributed by atoms with Crippen molar-refractivity contribution in [3.63, 3.8) is 0 Å². The van der Waals surface area contributed by atoms with Crippen LogP contribution in [0.15, 0.2) is 71.6 Å². The van der Waals surface area contributed by atoms with E-state index in [2.05, 4.69) is 5.32 Å². The fraction of sp³-hybridized carbons (Fsp3) is 0.286. The third-order valence-corrected chi connectivity index (χ3v) is 8.49. The summed E-state index contributed by atoms with van der Waals surface area (Å²) in [6.07, 6.45) is 0.333. The molecule has 0 radical (unpaired) electrons. The number of likely N-dealkylation sites (N-methyl/N-ethyl adjacent to an activating group) is 1. The number of aryl methyl sites for hydroxylation is 2. The molecule has 0 aliphatic carbocycles. The second kappa shape index (κ2) is 12.7. The van der Waals surface area contributed by atoms with E-state index in [0.717, 1.165) is 15.4 Å². The summed E-state index contributed by atoms with van der Waals surface area (Å²) in [5.41, 5.74) is 2.55. The average molecular weight is 577 g/mol. The second-order valence-electron chi connectivity index (χ2n) is 8.94. The highest BCUT2D eigenvalue weighted by Crippen LogP contribution is 2.30. The maximum atomic E-state index is 13.9. The minimum Gasteiger partial charge on any atom is -0.357 e. The molecular weight excluding hydrogens is 545 g/mol. The molecular formula is C28H31Cl2N3O4S. The van der Waals surface area contributed by atoms with Crippen LogP contribution in [0.2, 0.25) is 10.0 Å². The monoisotopic (exact) mass is 575 g/mol. The van der Waals surface area contributed by atoms with Crippen molar-refractivity contribution in [3.8, 4) is 0 Å². The van der Waals surface area contributed by atoms with Crippen molar-refractivity contribution in [1.29, 1.82) is 0 Å². The van der Waals surface area contributed by atoms with Crippen LogP contribution in [-0.4, -0.2) is 44.8 Å². The Kier molecular flexibility index (Phi) is 9.82. The van der Waals surface area contributed by atoms with Crippen LogP contribution in [0.3, 0.4) is 0 Å². The summed E-state index contributed by atoms with van der Waals surface area (Å²) in [4.78, 5) is 28.1. The predicted octanol–water partition coefficient (Wildman–Crippen LogP) is 5.36. The van der Waals surface area contributed by atoms with Gasteiger partial charge in [0.1, 0.15) is 12.6 Å². The molecule has 0 saturated heterocycles. The van der Waals surface area contributed by atoms with Crippen molar-refractivity contribution in [1.82, 2.24) is 10.2 Å². The van der Waals surface area contributed by atoms with Gasteiger partial charge in [-0.2, -0.15) is 0 Å². The first-order valence-electron chi connectivity index (χ1n) is 12.1. The summed E-state index contributed by atoms with van der Waals surface area (Å²) in [6.45, 7) is 4.97. The zero-order valence-corrected chi connectivity index (χ0v) is 24.1. The minimum absolute atomic E-state index is 0.0397. The maximum Gasteiger partial charge on any atom is 0.264 e. The molecule has 0 aromatic heterocycles. The lowest BCUT2D eigenvalue weighted by atomic mass is 10.1. The smallest absolute Gasteiger partial charge is 0.264 e. The van der Waals surface area contributed by atoms with Crippen LogP contribution in [0.5, 0.6) is 0 Å². The minimum atomic E-state index is -4.17. The standard InChI is InChI=1S/C28H31Cl2N3O4S/c1-5-25(28(35)31-4)32(17-21-9-12-22(29)13-10-21)27(34)18-33(26-16-23(30)11-8-20(26)3)38(36,37)24-14-6-19(2)7-15-24/h6-16,25H,5,17-18H2,1-4H3,(H,31,35). The van der Waals surface area contributed by atoms with Crippen molar-refractivity contribution >= 4 is 50.7 Å². The molecule has 2 amide bonds. The van der Waals surface area contributed by atoms with E-state index in [1.165, 1.54) is 30.1 Å². The number of anilines is 1. The lowest BCUT2D eigenvalue weighted by Gasteiger charge is -2.33. The first-order valence-corrected chi connectivity index (χ1v) is 14.3. The van der Waals surface area contributed by atoms with Gasteiger partial charge in [0.15, 0.2) is 0 Å². The van der Waals surface area contributed by atoms with Crippen molar-refractivity contribution in [3.05, 3.63) is 93.5 Å². The summed E-state index contributed by atoms with van der Waals surface area (Å²) in [6, 6.07) is 17.4. The van der Waals surface area contributed by atoms with Crippen LogP contribution in [0.4, 0.5) is 5.69 Å². The first-order chi connectivity index (χ1) is 18.0. The van der Waals surface area contributed by atoms with Crippen molar-refractivity contribution in [2.45, 2.75) is 44.7 Å². The van der Waals surface area contributed by atoms with Crippen LogP contribution >= 0.6 is 23.2 Å². The highest BCUT2D eigenvalue weighted by molar-refractivity contribution is 7.92. The molecule has 1 N–H and O–H groups in total. The zero-order valence-electron chi connectivity index (χ0n) is 21.7. The van der Waals surface area contributed by atoms with Crippen LogP contribution < -0.4 is 9.62 Å². The van der Waals surface area contributed by atoms with Gasteiger partial charge in [-0.05, 0) is 67.8 Å². The van der Waals surface area contributed by atoms with Gasteiger partial charge in [-0.15, -0.1) is 0 Å². The van der Waals surface area contributed by atoms with Gasteiger partial charge >= 0.3 is 0 Å². The summed E-state index contributed by atoms with van der Waals surface area (Å²) >= 11 is 12.3. The Morgan fingerprint density at radius 2 is 1.53 bits per heavy atom. The highest BCUT2D eigenvalue weighted by Gasteiger charge is 2.34. The lowest BCUT2D eigenvalue weighted by Crippen LogP contribution is -2.51. The quantitative estimate of drug-likeness (QED) is 0.352. The lowest BCUT2D eigenvalue weighted by molar-refractivity contribution is -0.140. The molecule has 0 fully saturated rings. The molecule has 202 valence electrons. The molecule has 1 unspecified atom stereocenters. The van der Waals surface area contributed by atoms with E-state index in [1.807, 2.05) is 6.92 Å². The van der Waals surface area contributed by atoms with Gasteiger partial charge in [-0.3, -0.25) is 13.9 Å². The van der Waals surface area contributed by atoms with Crippen LogP contribution in [-0.2, 0) is 26.2 Å². The zero-order chi connectivity index (χ0) is 28.0. The van der Waals surface area contributed by atoms with Crippen LogP contribution in [0.1, 0.15) is 30.0 Å². The van der Waals surface area contributed by atoms with Crippen LogP contribution in [0, 0.1) is 13.8 Å². The molecule has 38 heavy (non-hydrogen) atoms. The Balaban J connectivity index is 2.10. The molecule has 3 aromatic rings. The van der Waals surface area contributed by atoms with E-state index in [4.69, 9.17) is 23.2 Å². The molecule has 3 rings (SSSR count). The highest BCUT2D eigenvalue weighted by atomic mass is 35.5. The number of sulfonamides is 1. The molecule has 0 bridgehead atoms. The number of benzene rings is 3. The number of hydrogen-bond acceptors (Lipinski definition) is 4. The molecule has 3 aromatic carbocycles. The number of amides is 2. The fourth-order valence-corrected chi connectivity index (χ4v) is 5.84. The molecule has 10 heteroatoms. The number of rotatable bonds is 10. The third-order valence-electron chi connectivity index (χ3n) is 6.23. The van der Waals surface area contributed by atoms with Gasteiger partial charge in [0, 0.05) is 23.6 Å². The van der Waals surface area contributed by atoms with Gasteiger partial charge in [0.2, 0.25) is 11.8 Å². The molecule has 7 nitrogen and oxygen atoms in total. The maximum absolute atomic E-state index is 13.9. The van der Waals surface area contributed by atoms with Crippen molar-refractivity contribution in [2.24, 2.45) is 0 Å². The first kappa shape index (κ1) is 29.5. The van der Waals surface area contributed by atoms with E-state index in [9.17, 15) is 18.0 Å². The number of nitrogens with zero attached hydrogens (tertiary/aromatic N) is 2. The van der Waals surface area contributed by atoms with E-state index in [-0.39, 0.29) is 23.0 Å². The Bertz CT molecular complexity index is 1390. The van der Waals surface area contributed by atoms with E-state index in [0.29, 0.717) is 22.0 Å². The van der Waals surface area contributed by atoms with Crippen LogP contribution in [0.25, 0.3) is 0 Å². The normalized spacial score (nSPS) is 12.1. The third kappa shape index (κ3) is 6.87. The summed E-state index contributed by atoms with van der Waals surface area (Å²) in [5.74, 6) is -0.882. The number of hydrogen-bond donors (Lipinski definition) is 1. The summed E-state index contributed by atoms with van der Waals surface area (Å²) in [7, 11) is -2.67. The van der Waals surface area contributed by atoms with E-state index in [1.54, 1.807) is 62.4 Å². The van der Waals surface area contributed by atoms with Crippen molar-refractivity contribution in [2.75, 3.05) is 17.9 Å². The largest absolute Gasteiger partial charge is 0.357 e. The summed E-state index contributed by atoms with van der Waals surface area (Å²) in [5, 5.41) is 3.48. The Labute approximate surface area is 234 Å². The SMILES string of the molecule is CCC(C(=O)NC)N(Cc1ccc(Cl)cc1)C(=O)CN(c1cc(Cl)ccc1C)S(=O)(=O)c1ccc(C)cc1. The van der Waals surface area contributed by atoms with Gasteiger partial charge in [-0.1, -0.05) is 66.0 Å². The molecule has 0 aliphatic rings.